The SMILES string of the molecule is CC(C)CC[C@H](N)c1cccc(OC(F)F)c1.Cl. The van der Waals surface area contributed by atoms with Gasteiger partial charge < -0.3 is 10.5 Å². The van der Waals surface area contributed by atoms with Gasteiger partial charge in [-0.3, -0.25) is 0 Å². The summed E-state index contributed by atoms with van der Waals surface area (Å²) in [4.78, 5) is 0. The summed E-state index contributed by atoms with van der Waals surface area (Å²) in [6, 6.07) is 6.48. The van der Waals surface area contributed by atoms with Gasteiger partial charge in [0, 0.05) is 6.04 Å². The van der Waals surface area contributed by atoms with Crippen molar-refractivity contribution in [1.82, 2.24) is 0 Å². The van der Waals surface area contributed by atoms with Gasteiger partial charge in [-0.2, -0.15) is 8.78 Å². The second-order valence-electron chi connectivity index (χ2n) is 4.53. The van der Waals surface area contributed by atoms with Gasteiger partial charge >= 0.3 is 6.61 Å². The van der Waals surface area contributed by atoms with E-state index in [4.69, 9.17) is 5.73 Å². The van der Waals surface area contributed by atoms with Gasteiger partial charge in [0.15, 0.2) is 0 Å². The van der Waals surface area contributed by atoms with Gasteiger partial charge in [0.25, 0.3) is 0 Å². The molecule has 0 radical (unpaired) electrons. The van der Waals surface area contributed by atoms with E-state index in [9.17, 15) is 8.78 Å². The lowest BCUT2D eigenvalue weighted by atomic mass is 9.98. The van der Waals surface area contributed by atoms with E-state index in [-0.39, 0.29) is 24.2 Å². The number of hydrogen-bond acceptors (Lipinski definition) is 2. The monoisotopic (exact) mass is 279 g/mol. The van der Waals surface area contributed by atoms with Crippen molar-refractivity contribution in [3.05, 3.63) is 29.8 Å². The molecular formula is C13H20ClF2NO. The van der Waals surface area contributed by atoms with Gasteiger partial charge in [-0.15, -0.1) is 12.4 Å². The maximum Gasteiger partial charge on any atom is 0.387 e. The van der Waals surface area contributed by atoms with Crippen molar-refractivity contribution in [2.75, 3.05) is 0 Å². The van der Waals surface area contributed by atoms with Crippen LogP contribution in [0.5, 0.6) is 5.75 Å². The van der Waals surface area contributed by atoms with Gasteiger partial charge in [0.1, 0.15) is 5.75 Å². The van der Waals surface area contributed by atoms with Crippen molar-refractivity contribution in [2.24, 2.45) is 11.7 Å². The van der Waals surface area contributed by atoms with Crippen LogP contribution in [0.4, 0.5) is 8.78 Å². The fraction of sp³-hybridized carbons (Fsp3) is 0.538. The van der Waals surface area contributed by atoms with E-state index < -0.39 is 6.61 Å². The molecule has 2 nitrogen and oxygen atoms in total. The normalized spacial score (nSPS) is 12.4. The minimum atomic E-state index is -2.79. The van der Waals surface area contributed by atoms with E-state index in [1.165, 1.54) is 6.07 Å². The lowest BCUT2D eigenvalue weighted by Gasteiger charge is -2.14. The molecule has 1 rings (SSSR count). The highest BCUT2D eigenvalue weighted by atomic mass is 35.5. The van der Waals surface area contributed by atoms with Crippen LogP contribution in [0, 0.1) is 5.92 Å². The Kier molecular flexibility index (Phi) is 7.87. The van der Waals surface area contributed by atoms with E-state index in [2.05, 4.69) is 18.6 Å². The van der Waals surface area contributed by atoms with Crippen LogP contribution >= 0.6 is 12.4 Å². The Hall–Kier alpha value is -0.870. The lowest BCUT2D eigenvalue weighted by molar-refractivity contribution is -0.0499. The van der Waals surface area contributed by atoms with Gasteiger partial charge in [-0.05, 0) is 36.5 Å². The van der Waals surface area contributed by atoms with E-state index in [1.807, 2.05) is 6.07 Å². The Morgan fingerprint density at radius 3 is 2.44 bits per heavy atom. The molecule has 0 unspecified atom stereocenters. The molecule has 0 spiro atoms. The molecule has 0 bridgehead atoms. The zero-order chi connectivity index (χ0) is 12.8. The predicted molar refractivity (Wildman–Crippen MR) is 71.3 cm³/mol. The fourth-order valence-corrected chi connectivity index (χ4v) is 1.60. The number of rotatable bonds is 6. The zero-order valence-corrected chi connectivity index (χ0v) is 11.4. The van der Waals surface area contributed by atoms with Crippen LogP contribution in [0.1, 0.15) is 38.3 Å². The molecule has 0 aliphatic heterocycles. The molecule has 0 saturated carbocycles. The maximum absolute atomic E-state index is 12.1. The van der Waals surface area contributed by atoms with Crippen LogP contribution in [0.25, 0.3) is 0 Å². The van der Waals surface area contributed by atoms with Gasteiger partial charge in [0.2, 0.25) is 0 Å². The first-order chi connectivity index (χ1) is 7.99. The Labute approximate surface area is 113 Å². The van der Waals surface area contributed by atoms with Crippen molar-refractivity contribution in [1.29, 1.82) is 0 Å². The fourth-order valence-electron chi connectivity index (χ4n) is 1.60. The summed E-state index contributed by atoms with van der Waals surface area (Å²) in [6.07, 6.45) is 1.86. The van der Waals surface area contributed by atoms with Crippen molar-refractivity contribution >= 4 is 12.4 Å². The smallest absolute Gasteiger partial charge is 0.387 e. The summed E-state index contributed by atoms with van der Waals surface area (Å²) in [6.45, 7) is 1.46. The van der Waals surface area contributed by atoms with E-state index in [0.29, 0.717) is 5.92 Å². The van der Waals surface area contributed by atoms with Crippen LogP contribution in [0.2, 0.25) is 0 Å². The van der Waals surface area contributed by atoms with Crippen LogP contribution in [0.15, 0.2) is 24.3 Å². The first-order valence-electron chi connectivity index (χ1n) is 5.79. The van der Waals surface area contributed by atoms with E-state index in [0.717, 1.165) is 18.4 Å². The third-order valence-corrected chi connectivity index (χ3v) is 2.57. The summed E-state index contributed by atoms with van der Waals surface area (Å²) < 4.78 is 28.4. The molecule has 1 atom stereocenters. The molecular weight excluding hydrogens is 260 g/mol. The number of alkyl halides is 2. The molecule has 18 heavy (non-hydrogen) atoms. The van der Waals surface area contributed by atoms with E-state index in [1.54, 1.807) is 12.1 Å². The van der Waals surface area contributed by atoms with Crippen LogP contribution < -0.4 is 10.5 Å². The topological polar surface area (TPSA) is 35.2 Å². The first-order valence-corrected chi connectivity index (χ1v) is 5.79. The molecule has 0 aliphatic rings. The summed E-state index contributed by atoms with van der Waals surface area (Å²) in [5.41, 5.74) is 6.84. The predicted octanol–water partition coefficient (Wildman–Crippen LogP) is 4.15. The standard InChI is InChI=1S/C13H19F2NO.ClH/c1-9(2)6-7-12(16)10-4-3-5-11(8-10)17-13(14)15;/h3-5,8-9,12-13H,6-7,16H2,1-2H3;1H/t12-;/m0./s1. The second-order valence-corrected chi connectivity index (χ2v) is 4.53. The summed E-state index contributed by atoms with van der Waals surface area (Å²) in [5, 5.41) is 0. The van der Waals surface area contributed by atoms with E-state index >= 15 is 0 Å². The number of ether oxygens (including phenoxy) is 1. The Bertz CT molecular complexity index is 348. The summed E-state index contributed by atoms with van der Waals surface area (Å²) in [7, 11) is 0. The number of hydrogen-bond donors (Lipinski definition) is 1. The van der Waals surface area contributed by atoms with Crippen LogP contribution in [-0.2, 0) is 0 Å². The highest BCUT2D eigenvalue weighted by molar-refractivity contribution is 5.85. The molecule has 5 heteroatoms. The quantitative estimate of drug-likeness (QED) is 0.849. The molecule has 0 heterocycles. The number of nitrogens with two attached hydrogens (primary N) is 1. The van der Waals surface area contributed by atoms with Gasteiger partial charge in [-0.25, -0.2) is 0 Å². The maximum atomic E-state index is 12.1. The van der Waals surface area contributed by atoms with Gasteiger partial charge in [-0.1, -0.05) is 26.0 Å². The summed E-state index contributed by atoms with van der Waals surface area (Å²) >= 11 is 0. The average molecular weight is 280 g/mol. The second kappa shape index (κ2) is 8.27. The number of halogens is 3. The largest absolute Gasteiger partial charge is 0.435 e. The minimum absolute atomic E-state index is 0. The molecule has 1 aromatic carbocycles. The third-order valence-electron chi connectivity index (χ3n) is 2.57. The zero-order valence-electron chi connectivity index (χ0n) is 10.6. The molecule has 0 saturated heterocycles. The van der Waals surface area contributed by atoms with Crippen molar-refractivity contribution in [2.45, 2.75) is 39.3 Å². The molecule has 0 fully saturated rings. The highest BCUT2D eigenvalue weighted by Gasteiger charge is 2.10. The third kappa shape index (κ3) is 6.17. The highest BCUT2D eigenvalue weighted by Crippen LogP contribution is 2.23. The molecule has 0 aliphatic carbocycles. The lowest BCUT2D eigenvalue weighted by Crippen LogP contribution is -2.11. The Balaban J connectivity index is 0.00000289. The first kappa shape index (κ1) is 17.1. The minimum Gasteiger partial charge on any atom is -0.435 e. The number of benzene rings is 1. The molecule has 2 N–H and O–H groups in total. The summed E-state index contributed by atoms with van der Waals surface area (Å²) in [5.74, 6) is 0.749. The molecule has 1 aromatic rings. The van der Waals surface area contributed by atoms with Crippen LogP contribution in [0.3, 0.4) is 0 Å². The average Bonchev–Trinajstić information content (AvgIpc) is 2.25. The van der Waals surface area contributed by atoms with Crippen molar-refractivity contribution in [3.63, 3.8) is 0 Å². The van der Waals surface area contributed by atoms with Crippen molar-refractivity contribution in [3.8, 4) is 5.75 Å². The Morgan fingerprint density at radius 1 is 1.22 bits per heavy atom. The van der Waals surface area contributed by atoms with Crippen molar-refractivity contribution < 1.29 is 13.5 Å². The molecule has 0 amide bonds. The van der Waals surface area contributed by atoms with Gasteiger partial charge in [0.05, 0.1) is 0 Å². The molecule has 0 aromatic heterocycles. The Morgan fingerprint density at radius 2 is 1.89 bits per heavy atom. The molecule has 104 valence electrons. The van der Waals surface area contributed by atoms with Crippen LogP contribution in [-0.4, -0.2) is 6.61 Å².